The molecule has 44 heavy (non-hydrogen) atoms. The van der Waals surface area contributed by atoms with E-state index >= 15 is 0 Å². The topological polar surface area (TPSA) is 167 Å². The van der Waals surface area contributed by atoms with E-state index in [1.165, 1.54) is 0 Å². The molecule has 13 nitrogen and oxygen atoms in total. The number of aliphatic hydroxyl groups excluding tert-OH is 1. The highest BCUT2D eigenvalue weighted by Gasteiger charge is 2.29. The van der Waals surface area contributed by atoms with Gasteiger partial charge in [0.25, 0.3) is 5.89 Å². The van der Waals surface area contributed by atoms with Crippen LogP contribution >= 0.6 is 15.9 Å². The van der Waals surface area contributed by atoms with Crippen LogP contribution in [0.15, 0.2) is 27.1 Å². The minimum Gasteiger partial charge on any atom is -0.491 e. The van der Waals surface area contributed by atoms with Crippen LogP contribution in [0.5, 0.6) is 5.75 Å². The zero-order valence-electron chi connectivity index (χ0n) is 26.3. The Kier molecular flexibility index (Phi) is 11.2. The summed E-state index contributed by atoms with van der Waals surface area (Å²) in [5, 5.41) is 22.8. The number of carbonyl (C=O) groups excluding carboxylic acids is 3. The molecule has 0 radical (unpaired) electrons. The van der Waals surface area contributed by atoms with Crippen LogP contribution in [-0.4, -0.2) is 68.7 Å². The number of aromatic nitrogens is 3. The molecule has 0 spiro atoms. The van der Waals surface area contributed by atoms with E-state index < -0.39 is 30.0 Å². The SMILES string of the molecule is Cc1c(C(=O)c2cc(Br)ccc2OCCNC(=O)OC(C)(C)C)c(C)n(CCNC(=O)OC(C)(C)C)c1-c1nnc(CO)o1. The highest BCUT2D eigenvalue weighted by molar-refractivity contribution is 9.10. The first kappa shape index (κ1) is 34.6. The summed E-state index contributed by atoms with van der Waals surface area (Å²) in [7, 11) is 0. The highest BCUT2D eigenvalue weighted by atomic mass is 79.9. The number of ether oxygens (including phenoxy) is 3. The van der Waals surface area contributed by atoms with Crippen molar-refractivity contribution in [1.29, 1.82) is 0 Å². The first-order valence-electron chi connectivity index (χ1n) is 14.0. The molecule has 3 aromatic rings. The van der Waals surface area contributed by atoms with Gasteiger partial charge < -0.3 is 38.9 Å². The maximum atomic E-state index is 14.2. The Morgan fingerprint density at radius 2 is 1.59 bits per heavy atom. The number of alkyl carbamates (subject to hydrolysis) is 2. The number of halogens is 1. The fraction of sp³-hybridized carbons (Fsp3) is 0.500. The summed E-state index contributed by atoms with van der Waals surface area (Å²) in [5.74, 6) is 0.139. The van der Waals surface area contributed by atoms with Gasteiger partial charge in [0, 0.05) is 28.8 Å². The van der Waals surface area contributed by atoms with Gasteiger partial charge in [0.15, 0.2) is 5.78 Å². The van der Waals surface area contributed by atoms with Crippen molar-refractivity contribution in [3.8, 4) is 17.3 Å². The van der Waals surface area contributed by atoms with E-state index in [1.807, 2.05) is 0 Å². The number of carbonyl (C=O) groups is 3. The molecule has 2 heterocycles. The monoisotopic (exact) mass is 677 g/mol. The van der Waals surface area contributed by atoms with E-state index in [9.17, 15) is 19.5 Å². The second-order valence-electron chi connectivity index (χ2n) is 11.9. The van der Waals surface area contributed by atoms with Crippen molar-refractivity contribution in [3.05, 3.63) is 50.9 Å². The lowest BCUT2D eigenvalue weighted by Crippen LogP contribution is -2.34. The number of amides is 2. The van der Waals surface area contributed by atoms with E-state index in [0.717, 1.165) is 0 Å². The largest absolute Gasteiger partial charge is 0.491 e. The Labute approximate surface area is 264 Å². The molecule has 0 saturated carbocycles. The third-order valence-electron chi connectivity index (χ3n) is 6.02. The van der Waals surface area contributed by atoms with Crippen LogP contribution < -0.4 is 15.4 Å². The van der Waals surface area contributed by atoms with E-state index in [2.05, 4.69) is 36.8 Å². The fourth-order valence-electron chi connectivity index (χ4n) is 4.35. The van der Waals surface area contributed by atoms with Crippen LogP contribution in [0.2, 0.25) is 0 Å². The Morgan fingerprint density at radius 3 is 2.16 bits per heavy atom. The predicted octanol–water partition coefficient (Wildman–Crippen LogP) is 5.07. The standard InChI is InChI=1S/C30H40BrN5O8/c1-17-23(25(38)20-15-19(31)9-10-21(20)41-14-12-33-28(40)44-30(6,7)8)18(2)36(13-11-32-27(39)43-29(3,4)5)24(17)26-35-34-22(16-37)42-26/h9-10,15,37H,11-14,16H2,1-8H3,(H,32,39)(H,33,40). The lowest BCUT2D eigenvalue weighted by atomic mass is 9.99. The van der Waals surface area contributed by atoms with Gasteiger partial charge in [0.2, 0.25) is 5.89 Å². The molecule has 2 amide bonds. The third kappa shape index (κ3) is 9.29. The zero-order valence-corrected chi connectivity index (χ0v) is 27.9. The van der Waals surface area contributed by atoms with Crippen molar-refractivity contribution in [1.82, 2.24) is 25.4 Å². The molecule has 2 aromatic heterocycles. The van der Waals surface area contributed by atoms with Gasteiger partial charge in [-0.2, -0.15) is 0 Å². The zero-order chi connectivity index (χ0) is 32.8. The molecule has 0 unspecified atom stereocenters. The average Bonchev–Trinajstić information content (AvgIpc) is 3.46. The third-order valence-corrected chi connectivity index (χ3v) is 6.51. The van der Waals surface area contributed by atoms with Crippen LogP contribution in [-0.2, 0) is 22.6 Å². The molecular weight excluding hydrogens is 638 g/mol. The number of nitrogens with one attached hydrogen (secondary N) is 2. The fourth-order valence-corrected chi connectivity index (χ4v) is 4.71. The molecule has 0 atom stereocenters. The summed E-state index contributed by atoms with van der Waals surface area (Å²) in [4.78, 5) is 38.4. The van der Waals surface area contributed by atoms with Crippen LogP contribution in [0.3, 0.4) is 0 Å². The van der Waals surface area contributed by atoms with Crippen LogP contribution in [0.4, 0.5) is 9.59 Å². The number of nitrogens with zero attached hydrogens (tertiary/aromatic N) is 3. The number of benzene rings is 1. The van der Waals surface area contributed by atoms with Gasteiger partial charge >= 0.3 is 12.2 Å². The molecule has 3 N–H and O–H groups in total. The van der Waals surface area contributed by atoms with Gasteiger partial charge in [0.1, 0.15) is 35.9 Å². The van der Waals surface area contributed by atoms with Crippen molar-refractivity contribution >= 4 is 33.9 Å². The molecular formula is C30H40BrN5O8. The second-order valence-corrected chi connectivity index (χ2v) is 12.8. The first-order chi connectivity index (χ1) is 20.5. The van der Waals surface area contributed by atoms with Gasteiger partial charge in [-0.1, -0.05) is 15.9 Å². The van der Waals surface area contributed by atoms with Crippen LogP contribution in [0.25, 0.3) is 11.6 Å². The Hall–Kier alpha value is -3.91. The van der Waals surface area contributed by atoms with Crippen molar-refractivity contribution in [2.75, 3.05) is 19.7 Å². The average molecular weight is 679 g/mol. The number of rotatable bonds is 11. The number of hydrogen-bond donors (Lipinski definition) is 3. The van der Waals surface area contributed by atoms with Gasteiger partial charge in [0.05, 0.1) is 12.1 Å². The smallest absolute Gasteiger partial charge is 0.407 e. The minimum absolute atomic E-state index is 0.0206. The Morgan fingerprint density at radius 1 is 0.977 bits per heavy atom. The molecule has 240 valence electrons. The number of ketones is 1. The van der Waals surface area contributed by atoms with Crippen LogP contribution in [0.1, 0.15) is 74.6 Å². The second kappa shape index (κ2) is 14.2. The number of aliphatic hydroxyl groups is 1. The molecule has 0 bridgehead atoms. The molecule has 0 saturated heterocycles. The molecule has 14 heteroatoms. The minimum atomic E-state index is -0.658. The van der Waals surface area contributed by atoms with E-state index in [0.29, 0.717) is 38.3 Å². The van der Waals surface area contributed by atoms with Crippen molar-refractivity contribution in [2.24, 2.45) is 0 Å². The highest BCUT2D eigenvalue weighted by Crippen LogP contribution is 2.34. The number of hydrogen-bond acceptors (Lipinski definition) is 10. The van der Waals surface area contributed by atoms with Gasteiger partial charge in [-0.25, -0.2) is 9.59 Å². The molecule has 1 aromatic carbocycles. The maximum Gasteiger partial charge on any atom is 0.407 e. The predicted molar refractivity (Wildman–Crippen MR) is 165 cm³/mol. The van der Waals surface area contributed by atoms with E-state index in [1.54, 1.807) is 78.2 Å². The van der Waals surface area contributed by atoms with Crippen molar-refractivity contribution < 1.29 is 38.1 Å². The lowest BCUT2D eigenvalue weighted by molar-refractivity contribution is 0.0511. The quantitative estimate of drug-likeness (QED) is 0.184. The summed E-state index contributed by atoms with van der Waals surface area (Å²) >= 11 is 3.44. The van der Waals surface area contributed by atoms with Crippen molar-refractivity contribution in [2.45, 2.75) is 79.7 Å². The normalized spacial score (nSPS) is 11.7. The summed E-state index contributed by atoms with van der Waals surface area (Å²) in [6.45, 7) is 14.4. The molecule has 0 aliphatic carbocycles. The lowest BCUT2D eigenvalue weighted by Gasteiger charge is -2.20. The molecule has 3 rings (SSSR count). The maximum absolute atomic E-state index is 14.2. The van der Waals surface area contributed by atoms with Crippen LogP contribution in [0, 0.1) is 13.8 Å². The van der Waals surface area contributed by atoms with E-state index in [-0.39, 0.29) is 43.8 Å². The molecule has 0 fully saturated rings. The summed E-state index contributed by atoms with van der Waals surface area (Å²) in [6.07, 6.45) is -1.14. The Balaban J connectivity index is 1.91. The van der Waals surface area contributed by atoms with E-state index in [4.69, 9.17) is 18.6 Å². The molecule has 0 aliphatic rings. The summed E-state index contributed by atoms with van der Waals surface area (Å²) in [5.41, 5.74) is 1.02. The van der Waals surface area contributed by atoms with Crippen molar-refractivity contribution in [3.63, 3.8) is 0 Å². The first-order valence-corrected chi connectivity index (χ1v) is 14.8. The van der Waals surface area contributed by atoms with Gasteiger partial charge in [-0.05, 0) is 79.2 Å². The molecule has 0 aliphatic heterocycles. The van der Waals surface area contributed by atoms with Gasteiger partial charge in [-0.3, -0.25) is 4.79 Å². The summed E-state index contributed by atoms with van der Waals surface area (Å²) < 4.78 is 24.6. The summed E-state index contributed by atoms with van der Waals surface area (Å²) in [6, 6.07) is 5.08. The Bertz CT molecular complexity index is 1500. The van der Waals surface area contributed by atoms with Gasteiger partial charge in [-0.15, -0.1) is 10.2 Å².